The summed E-state index contributed by atoms with van der Waals surface area (Å²) in [6.45, 7) is 1.04. The van der Waals surface area contributed by atoms with Gasteiger partial charge in [0.1, 0.15) is 0 Å². The molecule has 116 valence electrons. The molecule has 0 saturated carbocycles. The van der Waals surface area contributed by atoms with Gasteiger partial charge in [-0.05, 0) is 53.3 Å². The van der Waals surface area contributed by atoms with E-state index in [-0.39, 0.29) is 5.91 Å². The highest BCUT2D eigenvalue weighted by molar-refractivity contribution is 5.93. The standard InChI is InChI=1S/C19H19N3O/c1-22-9-7-15-12-16(4-5-18(15)22)21-19(23)11-13-2-3-14-6-8-20-17(14)10-13/h2-6,8,10,12,20H,7,9,11H2,1H3,(H,21,23). The van der Waals surface area contributed by atoms with E-state index < -0.39 is 0 Å². The minimum Gasteiger partial charge on any atom is -0.374 e. The van der Waals surface area contributed by atoms with E-state index in [2.05, 4.69) is 34.4 Å². The average molecular weight is 305 g/mol. The Labute approximate surface area is 135 Å². The fraction of sp³-hybridized carbons (Fsp3) is 0.211. The molecule has 2 aromatic carbocycles. The lowest BCUT2D eigenvalue weighted by Crippen LogP contribution is -2.14. The molecule has 1 aliphatic heterocycles. The number of anilines is 2. The number of fused-ring (bicyclic) bond motifs is 2. The number of nitrogens with zero attached hydrogens (tertiary/aromatic N) is 1. The van der Waals surface area contributed by atoms with Gasteiger partial charge in [-0.1, -0.05) is 12.1 Å². The topological polar surface area (TPSA) is 48.1 Å². The maximum absolute atomic E-state index is 12.3. The Hall–Kier alpha value is -2.75. The number of aromatic nitrogens is 1. The first kappa shape index (κ1) is 13.9. The first-order valence-corrected chi connectivity index (χ1v) is 7.89. The van der Waals surface area contributed by atoms with Crippen molar-refractivity contribution >= 4 is 28.2 Å². The van der Waals surface area contributed by atoms with Crippen LogP contribution in [0.3, 0.4) is 0 Å². The normalized spacial score (nSPS) is 13.3. The second-order valence-electron chi connectivity index (χ2n) is 6.14. The SMILES string of the molecule is CN1CCc2cc(NC(=O)Cc3ccc4cc[nH]c4c3)ccc21. The minimum absolute atomic E-state index is 0.0159. The third-order valence-electron chi connectivity index (χ3n) is 4.48. The summed E-state index contributed by atoms with van der Waals surface area (Å²) in [5.41, 5.74) is 5.53. The molecule has 1 aliphatic rings. The molecule has 0 unspecified atom stereocenters. The van der Waals surface area contributed by atoms with Crippen molar-refractivity contribution in [3.05, 3.63) is 59.8 Å². The zero-order valence-corrected chi connectivity index (χ0v) is 13.1. The average Bonchev–Trinajstić information content (AvgIpc) is 3.13. The maximum Gasteiger partial charge on any atom is 0.228 e. The van der Waals surface area contributed by atoms with Crippen molar-refractivity contribution in [2.45, 2.75) is 12.8 Å². The predicted octanol–water partition coefficient (Wildman–Crippen LogP) is 3.34. The zero-order chi connectivity index (χ0) is 15.8. The van der Waals surface area contributed by atoms with Gasteiger partial charge < -0.3 is 15.2 Å². The number of nitrogens with one attached hydrogen (secondary N) is 2. The van der Waals surface area contributed by atoms with Crippen LogP contribution >= 0.6 is 0 Å². The molecule has 4 nitrogen and oxygen atoms in total. The second-order valence-corrected chi connectivity index (χ2v) is 6.14. The van der Waals surface area contributed by atoms with E-state index in [1.54, 1.807) is 0 Å². The molecule has 23 heavy (non-hydrogen) atoms. The minimum atomic E-state index is 0.0159. The summed E-state index contributed by atoms with van der Waals surface area (Å²) in [6, 6.07) is 14.3. The molecule has 0 fully saturated rings. The number of rotatable bonds is 3. The molecule has 0 saturated heterocycles. The molecule has 0 bridgehead atoms. The summed E-state index contributed by atoms with van der Waals surface area (Å²) in [7, 11) is 2.10. The van der Waals surface area contributed by atoms with Crippen molar-refractivity contribution in [1.82, 2.24) is 4.98 Å². The lowest BCUT2D eigenvalue weighted by molar-refractivity contribution is -0.115. The molecule has 0 aliphatic carbocycles. The van der Waals surface area contributed by atoms with E-state index in [1.807, 2.05) is 36.5 Å². The van der Waals surface area contributed by atoms with E-state index in [0.717, 1.165) is 35.1 Å². The molecule has 0 atom stereocenters. The van der Waals surface area contributed by atoms with Crippen LogP contribution in [0.15, 0.2) is 48.7 Å². The van der Waals surface area contributed by atoms with E-state index in [9.17, 15) is 4.79 Å². The fourth-order valence-electron chi connectivity index (χ4n) is 3.24. The number of H-pyrrole nitrogens is 1. The summed E-state index contributed by atoms with van der Waals surface area (Å²) in [6.07, 6.45) is 3.33. The monoisotopic (exact) mass is 305 g/mol. The Balaban J connectivity index is 1.47. The van der Waals surface area contributed by atoms with Crippen LogP contribution in [0.4, 0.5) is 11.4 Å². The first-order valence-electron chi connectivity index (χ1n) is 7.89. The second kappa shape index (κ2) is 5.47. The summed E-state index contributed by atoms with van der Waals surface area (Å²) < 4.78 is 0. The fourth-order valence-corrected chi connectivity index (χ4v) is 3.24. The lowest BCUT2D eigenvalue weighted by Gasteiger charge is -2.12. The van der Waals surface area contributed by atoms with Crippen LogP contribution in [0, 0.1) is 0 Å². The molecule has 0 spiro atoms. The largest absolute Gasteiger partial charge is 0.374 e. The number of carbonyl (C=O) groups excluding carboxylic acids is 1. The summed E-state index contributed by atoms with van der Waals surface area (Å²) >= 11 is 0. The number of amides is 1. The smallest absolute Gasteiger partial charge is 0.228 e. The molecule has 4 rings (SSSR count). The molecule has 1 aromatic heterocycles. The van der Waals surface area contributed by atoms with Crippen LogP contribution in [0.1, 0.15) is 11.1 Å². The van der Waals surface area contributed by atoms with Crippen molar-refractivity contribution in [2.24, 2.45) is 0 Å². The number of carbonyl (C=O) groups is 1. The number of hydrogen-bond acceptors (Lipinski definition) is 2. The molecule has 0 radical (unpaired) electrons. The molecule has 3 aromatic rings. The Morgan fingerprint density at radius 1 is 1.22 bits per heavy atom. The van der Waals surface area contributed by atoms with Crippen molar-refractivity contribution in [3.8, 4) is 0 Å². The number of aromatic amines is 1. The van der Waals surface area contributed by atoms with Gasteiger partial charge in [-0.3, -0.25) is 4.79 Å². The Kier molecular flexibility index (Phi) is 3.30. The van der Waals surface area contributed by atoms with Gasteiger partial charge >= 0.3 is 0 Å². The molecule has 2 heterocycles. The van der Waals surface area contributed by atoms with Crippen LogP contribution in [0.25, 0.3) is 10.9 Å². The van der Waals surface area contributed by atoms with E-state index in [1.165, 1.54) is 11.3 Å². The van der Waals surface area contributed by atoms with Crippen LogP contribution < -0.4 is 10.2 Å². The van der Waals surface area contributed by atoms with E-state index >= 15 is 0 Å². The van der Waals surface area contributed by atoms with Gasteiger partial charge in [0.2, 0.25) is 5.91 Å². The third-order valence-corrected chi connectivity index (χ3v) is 4.48. The van der Waals surface area contributed by atoms with Crippen molar-refractivity contribution in [1.29, 1.82) is 0 Å². The van der Waals surface area contributed by atoms with Gasteiger partial charge in [-0.25, -0.2) is 0 Å². The number of hydrogen-bond donors (Lipinski definition) is 2. The van der Waals surface area contributed by atoms with Gasteiger partial charge in [0.25, 0.3) is 0 Å². The highest BCUT2D eigenvalue weighted by atomic mass is 16.1. The number of benzene rings is 2. The quantitative estimate of drug-likeness (QED) is 0.779. The van der Waals surface area contributed by atoms with Gasteiger partial charge in [-0.15, -0.1) is 0 Å². The Bertz CT molecular complexity index is 881. The summed E-state index contributed by atoms with van der Waals surface area (Å²) in [5.74, 6) is 0.0159. The van der Waals surface area contributed by atoms with Crippen molar-refractivity contribution in [2.75, 3.05) is 23.8 Å². The van der Waals surface area contributed by atoms with Gasteiger partial charge in [0.15, 0.2) is 0 Å². The van der Waals surface area contributed by atoms with E-state index in [0.29, 0.717) is 6.42 Å². The molecule has 1 amide bonds. The molecular formula is C19H19N3O. The van der Waals surface area contributed by atoms with Gasteiger partial charge in [-0.2, -0.15) is 0 Å². The third kappa shape index (κ3) is 2.68. The Morgan fingerprint density at radius 3 is 3.04 bits per heavy atom. The lowest BCUT2D eigenvalue weighted by atomic mass is 10.1. The first-order chi connectivity index (χ1) is 11.2. The van der Waals surface area contributed by atoms with Crippen LogP contribution in [-0.2, 0) is 17.6 Å². The number of likely N-dealkylation sites (N-methyl/N-ethyl adjacent to an activating group) is 1. The van der Waals surface area contributed by atoms with E-state index in [4.69, 9.17) is 0 Å². The predicted molar refractivity (Wildman–Crippen MR) is 94.0 cm³/mol. The van der Waals surface area contributed by atoms with Crippen LogP contribution in [0.5, 0.6) is 0 Å². The van der Waals surface area contributed by atoms with Gasteiger partial charge in [0.05, 0.1) is 6.42 Å². The van der Waals surface area contributed by atoms with Crippen LogP contribution in [0.2, 0.25) is 0 Å². The molecular weight excluding hydrogens is 286 g/mol. The van der Waals surface area contributed by atoms with Crippen LogP contribution in [-0.4, -0.2) is 24.5 Å². The Morgan fingerprint density at radius 2 is 2.13 bits per heavy atom. The van der Waals surface area contributed by atoms with Gasteiger partial charge in [0, 0.05) is 36.7 Å². The van der Waals surface area contributed by atoms with Crippen molar-refractivity contribution < 1.29 is 4.79 Å². The zero-order valence-electron chi connectivity index (χ0n) is 13.1. The summed E-state index contributed by atoms with van der Waals surface area (Å²) in [4.78, 5) is 17.7. The maximum atomic E-state index is 12.3. The summed E-state index contributed by atoms with van der Waals surface area (Å²) in [5, 5.41) is 4.17. The molecule has 4 heteroatoms. The highest BCUT2D eigenvalue weighted by Crippen LogP contribution is 2.29. The van der Waals surface area contributed by atoms with Crippen molar-refractivity contribution in [3.63, 3.8) is 0 Å². The highest BCUT2D eigenvalue weighted by Gasteiger charge is 2.16. The molecule has 2 N–H and O–H groups in total.